The fourth-order valence-corrected chi connectivity index (χ4v) is 6.38. The smallest absolute Gasteiger partial charge is 0.341 e. The Kier molecular flexibility index (Phi) is 6.62. The lowest BCUT2D eigenvalue weighted by molar-refractivity contribution is -0.167. The number of ether oxygens (including phenoxy) is 1. The number of anilines is 1. The van der Waals surface area contributed by atoms with Crippen LogP contribution in [0.25, 0.3) is 11.1 Å². The highest BCUT2D eigenvalue weighted by molar-refractivity contribution is 7.15. The van der Waals surface area contributed by atoms with Gasteiger partial charge in [0.25, 0.3) is 0 Å². The second kappa shape index (κ2) is 9.22. The molecule has 1 N–H and O–H groups in total. The molecule has 0 spiro atoms. The maximum absolute atomic E-state index is 13.2. The first-order valence-electron chi connectivity index (χ1n) is 12.0. The van der Waals surface area contributed by atoms with Gasteiger partial charge in [0.2, 0.25) is 17.7 Å². The van der Waals surface area contributed by atoms with Gasteiger partial charge in [-0.15, -0.1) is 11.3 Å². The minimum atomic E-state index is -0.601. The highest BCUT2D eigenvalue weighted by Crippen LogP contribution is 2.60. The number of piperidine rings is 1. The summed E-state index contributed by atoms with van der Waals surface area (Å²) in [6.45, 7) is 8.00. The van der Waals surface area contributed by atoms with Crippen molar-refractivity contribution in [3.8, 4) is 11.1 Å². The van der Waals surface area contributed by atoms with Crippen LogP contribution in [0.2, 0.25) is 0 Å². The lowest BCUT2D eigenvalue weighted by Crippen LogP contribution is -2.59. The molecule has 2 atom stereocenters. The van der Waals surface area contributed by atoms with Gasteiger partial charge in [-0.2, -0.15) is 0 Å². The van der Waals surface area contributed by atoms with Gasteiger partial charge in [0.05, 0.1) is 12.5 Å². The van der Waals surface area contributed by atoms with Crippen molar-refractivity contribution in [3.05, 3.63) is 40.8 Å². The predicted molar refractivity (Wildman–Crippen MR) is 135 cm³/mol. The van der Waals surface area contributed by atoms with Crippen LogP contribution >= 0.6 is 11.3 Å². The number of benzene rings is 1. The highest BCUT2D eigenvalue weighted by Gasteiger charge is 2.64. The third-order valence-electron chi connectivity index (χ3n) is 8.18. The molecule has 7 nitrogen and oxygen atoms in total. The summed E-state index contributed by atoms with van der Waals surface area (Å²) in [7, 11) is 1.31. The largest absolute Gasteiger partial charge is 0.465 e. The van der Waals surface area contributed by atoms with Gasteiger partial charge in [0.15, 0.2) is 0 Å². The molecule has 8 heteroatoms. The molecule has 4 rings (SSSR count). The summed E-state index contributed by atoms with van der Waals surface area (Å²) in [4.78, 5) is 52.9. The predicted octanol–water partition coefficient (Wildman–Crippen LogP) is 4.90. The summed E-state index contributed by atoms with van der Waals surface area (Å²) < 4.78 is 4.99. The van der Waals surface area contributed by atoms with Crippen molar-refractivity contribution in [2.75, 3.05) is 19.0 Å². The fraction of sp³-hybridized carbons (Fsp3) is 0.481. The Morgan fingerprint density at radius 2 is 1.86 bits per heavy atom. The zero-order valence-corrected chi connectivity index (χ0v) is 21.7. The number of fused-ring (bicyclic) bond motifs is 2. The van der Waals surface area contributed by atoms with E-state index in [1.54, 1.807) is 0 Å². The van der Waals surface area contributed by atoms with Gasteiger partial charge in [-0.3, -0.25) is 19.3 Å². The molecule has 3 amide bonds. The SMILES string of the molecule is CCc1ccc(-c2csc(NC(=O)CCN3C(=O)C4CCC(C)(C3=O)C4(C)C)c2C(=O)OC)cc1. The Hall–Kier alpha value is -3.00. The van der Waals surface area contributed by atoms with Gasteiger partial charge < -0.3 is 10.1 Å². The second-order valence-electron chi connectivity index (χ2n) is 10.1. The van der Waals surface area contributed by atoms with Crippen LogP contribution in [0.1, 0.15) is 62.9 Å². The number of amides is 3. The average Bonchev–Trinajstić information content (AvgIpc) is 3.33. The summed E-state index contributed by atoms with van der Waals surface area (Å²) in [6.07, 6.45) is 2.24. The molecule has 2 fully saturated rings. The Balaban J connectivity index is 1.50. The van der Waals surface area contributed by atoms with Crippen LogP contribution in [-0.4, -0.2) is 42.2 Å². The van der Waals surface area contributed by atoms with Crippen LogP contribution < -0.4 is 5.32 Å². The minimum Gasteiger partial charge on any atom is -0.465 e. The Bertz CT molecular complexity index is 1180. The zero-order chi connectivity index (χ0) is 25.5. The standard InChI is InChI=1S/C27H32N2O5S/c1-6-16-7-9-17(10-8-16)18-15-35-22(21(18)24(32)34-5)28-20(30)12-14-29-23(31)19-11-13-27(4,25(29)33)26(19,2)3/h7-10,15,19H,6,11-14H2,1-5H3,(H,28,30). The third-order valence-corrected chi connectivity index (χ3v) is 9.07. The molecule has 2 unspecified atom stereocenters. The lowest BCUT2D eigenvalue weighted by Gasteiger charge is -2.47. The van der Waals surface area contributed by atoms with E-state index in [9.17, 15) is 19.2 Å². The summed E-state index contributed by atoms with van der Waals surface area (Å²) in [5.41, 5.74) is 2.04. The number of aryl methyl sites for hydroxylation is 1. The number of hydrogen-bond acceptors (Lipinski definition) is 6. The number of methoxy groups -OCH3 is 1. The van der Waals surface area contributed by atoms with E-state index < -0.39 is 16.8 Å². The normalized spacial score (nSPS) is 22.9. The van der Waals surface area contributed by atoms with Crippen molar-refractivity contribution < 1.29 is 23.9 Å². The first-order chi connectivity index (χ1) is 16.5. The number of nitrogens with zero attached hydrogens (tertiary/aromatic N) is 1. The Morgan fingerprint density at radius 1 is 1.17 bits per heavy atom. The molecule has 0 radical (unpaired) electrons. The van der Waals surface area contributed by atoms with Crippen molar-refractivity contribution in [1.82, 2.24) is 4.90 Å². The molecular formula is C27H32N2O5S. The van der Waals surface area contributed by atoms with Gasteiger partial charge in [0, 0.05) is 29.8 Å². The number of carbonyl (C=O) groups excluding carboxylic acids is 4. The van der Waals surface area contributed by atoms with E-state index >= 15 is 0 Å². The summed E-state index contributed by atoms with van der Waals surface area (Å²) in [5.74, 6) is -1.50. The van der Waals surface area contributed by atoms with E-state index in [0.717, 1.165) is 12.0 Å². The topological polar surface area (TPSA) is 92.8 Å². The first-order valence-corrected chi connectivity index (χ1v) is 12.9. The lowest BCUT2D eigenvalue weighted by atomic mass is 9.62. The van der Waals surface area contributed by atoms with Crippen molar-refractivity contribution >= 4 is 40.0 Å². The number of thiophene rings is 1. The van der Waals surface area contributed by atoms with E-state index in [2.05, 4.69) is 12.2 Å². The maximum Gasteiger partial charge on any atom is 0.341 e. The molecule has 2 aliphatic rings. The summed E-state index contributed by atoms with van der Waals surface area (Å²) in [5, 5.41) is 5.01. The van der Waals surface area contributed by atoms with Crippen LogP contribution in [0.5, 0.6) is 0 Å². The molecule has 1 aliphatic carbocycles. The number of carbonyl (C=O) groups is 4. The molecule has 2 aromatic rings. The third kappa shape index (κ3) is 4.07. The molecule has 2 heterocycles. The van der Waals surface area contributed by atoms with Gasteiger partial charge >= 0.3 is 5.97 Å². The van der Waals surface area contributed by atoms with Crippen molar-refractivity contribution in [2.24, 2.45) is 16.7 Å². The average molecular weight is 497 g/mol. The van der Waals surface area contributed by atoms with Crippen LogP contribution in [0, 0.1) is 16.7 Å². The van der Waals surface area contributed by atoms with Crippen LogP contribution in [0.3, 0.4) is 0 Å². The number of rotatable bonds is 7. The van der Waals surface area contributed by atoms with Gasteiger partial charge in [-0.05, 0) is 35.8 Å². The first kappa shape index (κ1) is 25.1. The van der Waals surface area contributed by atoms with E-state index in [1.807, 2.05) is 50.4 Å². The minimum absolute atomic E-state index is 0.0237. The Labute approximate surface area is 209 Å². The molecule has 1 aliphatic heterocycles. The van der Waals surface area contributed by atoms with Crippen LogP contribution in [-0.2, 0) is 25.5 Å². The number of nitrogens with one attached hydrogen (secondary N) is 1. The highest BCUT2D eigenvalue weighted by atomic mass is 32.1. The van der Waals surface area contributed by atoms with Crippen molar-refractivity contribution in [1.29, 1.82) is 0 Å². The van der Waals surface area contributed by atoms with Crippen LogP contribution in [0.4, 0.5) is 5.00 Å². The van der Waals surface area contributed by atoms with E-state index in [4.69, 9.17) is 4.74 Å². The fourth-order valence-electron chi connectivity index (χ4n) is 5.40. The summed E-state index contributed by atoms with van der Waals surface area (Å²) >= 11 is 1.25. The molecule has 186 valence electrons. The monoisotopic (exact) mass is 496 g/mol. The molecule has 2 bridgehead atoms. The maximum atomic E-state index is 13.2. The molecular weight excluding hydrogens is 464 g/mol. The quantitative estimate of drug-likeness (QED) is 0.435. The van der Waals surface area contributed by atoms with Gasteiger partial charge in [-0.1, -0.05) is 52.0 Å². The molecule has 1 aromatic carbocycles. The van der Waals surface area contributed by atoms with E-state index in [1.165, 1.54) is 28.9 Å². The zero-order valence-electron chi connectivity index (χ0n) is 20.9. The summed E-state index contributed by atoms with van der Waals surface area (Å²) in [6, 6.07) is 7.91. The van der Waals surface area contributed by atoms with Gasteiger partial charge in [-0.25, -0.2) is 4.79 Å². The van der Waals surface area contributed by atoms with Crippen LogP contribution in [0.15, 0.2) is 29.6 Å². The van der Waals surface area contributed by atoms with Crippen molar-refractivity contribution in [3.63, 3.8) is 0 Å². The number of esters is 1. The second-order valence-corrected chi connectivity index (χ2v) is 11.0. The molecule has 1 saturated heterocycles. The number of likely N-dealkylation sites (tertiary alicyclic amines) is 1. The Morgan fingerprint density at radius 3 is 2.49 bits per heavy atom. The number of imide groups is 1. The molecule has 1 aromatic heterocycles. The molecule has 35 heavy (non-hydrogen) atoms. The number of hydrogen-bond donors (Lipinski definition) is 1. The van der Waals surface area contributed by atoms with Crippen molar-refractivity contribution in [2.45, 2.75) is 53.4 Å². The van der Waals surface area contributed by atoms with E-state index in [-0.39, 0.29) is 36.6 Å². The van der Waals surface area contributed by atoms with E-state index in [0.29, 0.717) is 29.0 Å². The van der Waals surface area contributed by atoms with Gasteiger partial charge in [0.1, 0.15) is 10.6 Å². The molecule has 1 saturated carbocycles.